The molecule has 1 fully saturated rings. The standard InChI is InChI=1S/C14H20N2OS/c1-15-8-5-9-16(11-10-15)14(17)12-18-13-6-3-2-4-7-13/h2-4,6-7H,5,8-12H2,1H3/p+1. The lowest BCUT2D eigenvalue weighted by atomic mass is 10.4. The van der Waals surface area contributed by atoms with Gasteiger partial charge in [0.1, 0.15) is 0 Å². The molecule has 1 atom stereocenters. The molecule has 2 rings (SSSR count). The summed E-state index contributed by atoms with van der Waals surface area (Å²) in [6.45, 7) is 4.07. The molecule has 1 unspecified atom stereocenters. The number of nitrogens with one attached hydrogen (secondary N) is 1. The number of thioether (sulfide) groups is 1. The fraction of sp³-hybridized carbons (Fsp3) is 0.500. The van der Waals surface area contributed by atoms with Gasteiger partial charge in [0.2, 0.25) is 5.91 Å². The van der Waals surface area contributed by atoms with Crippen molar-refractivity contribution in [3.8, 4) is 0 Å². The molecule has 0 bridgehead atoms. The van der Waals surface area contributed by atoms with Crippen LogP contribution in [0.2, 0.25) is 0 Å². The molecule has 0 aliphatic carbocycles. The van der Waals surface area contributed by atoms with Crippen LogP contribution in [-0.2, 0) is 4.79 Å². The molecule has 1 heterocycles. The predicted octanol–water partition coefficient (Wildman–Crippen LogP) is 0.526. The zero-order chi connectivity index (χ0) is 12.8. The number of benzene rings is 1. The highest BCUT2D eigenvalue weighted by atomic mass is 32.2. The molecule has 1 saturated heterocycles. The van der Waals surface area contributed by atoms with Crippen LogP contribution < -0.4 is 4.90 Å². The summed E-state index contributed by atoms with van der Waals surface area (Å²) < 4.78 is 0. The third-order valence-corrected chi connectivity index (χ3v) is 4.30. The maximum Gasteiger partial charge on any atom is 0.233 e. The summed E-state index contributed by atoms with van der Waals surface area (Å²) in [5, 5.41) is 0. The smallest absolute Gasteiger partial charge is 0.233 e. The summed E-state index contributed by atoms with van der Waals surface area (Å²) in [6.07, 6.45) is 1.12. The van der Waals surface area contributed by atoms with E-state index in [-0.39, 0.29) is 5.91 Å². The highest BCUT2D eigenvalue weighted by molar-refractivity contribution is 8.00. The van der Waals surface area contributed by atoms with Gasteiger partial charge in [-0.05, 0) is 12.1 Å². The Balaban J connectivity index is 1.80. The summed E-state index contributed by atoms with van der Waals surface area (Å²) in [6, 6.07) is 10.1. The molecule has 1 aromatic rings. The quantitative estimate of drug-likeness (QED) is 0.806. The molecule has 1 aliphatic rings. The SMILES string of the molecule is C[NH+]1CCCN(C(=O)CSc2ccccc2)CC1. The average Bonchev–Trinajstić information content (AvgIpc) is 2.62. The largest absolute Gasteiger partial charge is 0.336 e. The molecular weight excluding hydrogens is 244 g/mol. The Hall–Kier alpha value is -1.00. The van der Waals surface area contributed by atoms with E-state index in [1.165, 1.54) is 16.3 Å². The van der Waals surface area contributed by atoms with Gasteiger partial charge in [-0.15, -0.1) is 11.8 Å². The van der Waals surface area contributed by atoms with Gasteiger partial charge in [0, 0.05) is 17.9 Å². The Morgan fingerprint density at radius 1 is 1.28 bits per heavy atom. The molecule has 98 valence electrons. The lowest BCUT2D eigenvalue weighted by Gasteiger charge is -2.19. The van der Waals surface area contributed by atoms with E-state index < -0.39 is 0 Å². The van der Waals surface area contributed by atoms with Gasteiger partial charge in [-0.1, -0.05) is 18.2 Å². The van der Waals surface area contributed by atoms with Gasteiger partial charge >= 0.3 is 0 Å². The summed E-state index contributed by atoms with van der Waals surface area (Å²) in [5.41, 5.74) is 0. The molecule has 1 aliphatic heterocycles. The normalized spacial score (nSPS) is 20.5. The van der Waals surface area contributed by atoms with Crippen LogP contribution in [0.4, 0.5) is 0 Å². The summed E-state index contributed by atoms with van der Waals surface area (Å²) in [7, 11) is 2.20. The zero-order valence-corrected chi connectivity index (χ0v) is 11.7. The molecule has 1 amide bonds. The van der Waals surface area contributed by atoms with Crippen LogP contribution in [-0.4, -0.2) is 49.8 Å². The van der Waals surface area contributed by atoms with Crippen LogP contribution in [0.25, 0.3) is 0 Å². The summed E-state index contributed by atoms with van der Waals surface area (Å²) >= 11 is 1.63. The van der Waals surface area contributed by atoms with Crippen LogP contribution in [0.1, 0.15) is 6.42 Å². The topological polar surface area (TPSA) is 24.8 Å². The number of hydrogen-bond donors (Lipinski definition) is 1. The molecule has 1 aromatic carbocycles. The first-order valence-electron chi connectivity index (χ1n) is 6.52. The van der Waals surface area contributed by atoms with Crippen molar-refractivity contribution in [2.75, 3.05) is 39.0 Å². The third kappa shape index (κ3) is 4.03. The molecule has 3 nitrogen and oxygen atoms in total. The number of carbonyl (C=O) groups excluding carboxylic acids is 1. The third-order valence-electron chi connectivity index (χ3n) is 3.30. The number of likely N-dealkylation sites (N-methyl/N-ethyl adjacent to an activating group) is 1. The van der Waals surface area contributed by atoms with E-state index in [9.17, 15) is 4.79 Å². The van der Waals surface area contributed by atoms with Crippen LogP contribution in [0.5, 0.6) is 0 Å². The van der Waals surface area contributed by atoms with Crippen molar-refractivity contribution in [3.63, 3.8) is 0 Å². The highest BCUT2D eigenvalue weighted by Gasteiger charge is 2.18. The molecule has 0 radical (unpaired) electrons. The maximum absolute atomic E-state index is 12.1. The second-order valence-electron chi connectivity index (χ2n) is 4.79. The lowest BCUT2D eigenvalue weighted by molar-refractivity contribution is -0.877. The number of rotatable bonds is 3. The Morgan fingerprint density at radius 3 is 2.83 bits per heavy atom. The zero-order valence-electron chi connectivity index (χ0n) is 10.9. The van der Waals surface area contributed by atoms with Gasteiger partial charge in [0.25, 0.3) is 0 Å². The first kappa shape index (κ1) is 13.4. The van der Waals surface area contributed by atoms with Crippen molar-refractivity contribution in [1.29, 1.82) is 0 Å². The van der Waals surface area contributed by atoms with Gasteiger partial charge in [0.15, 0.2) is 0 Å². The Morgan fingerprint density at radius 2 is 2.06 bits per heavy atom. The first-order valence-corrected chi connectivity index (χ1v) is 7.51. The summed E-state index contributed by atoms with van der Waals surface area (Å²) in [5.74, 6) is 0.835. The molecule has 0 spiro atoms. The lowest BCUT2D eigenvalue weighted by Crippen LogP contribution is -3.09. The second kappa shape index (κ2) is 6.81. The van der Waals surface area contributed by atoms with Gasteiger partial charge in [0.05, 0.1) is 32.4 Å². The Bertz CT molecular complexity index is 383. The fourth-order valence-corrected chi connectivity index (χ4v) is 2.96. The van der Waals surface area contributed by atoms with E-state index in [0.717, 1.165) is 26.1 Å². The fourth-order valence-electron chi connectivity index (χ4n) is 2.14. The van der Waals surface area contributed by atoms with Crippen molar-refractivity contribution in [1.82, 2.24) is 4.90 Å². The second-order valence-corrected chi connectivity index (χ2v) is 5.84. The van der Waals surface area contributed by atoms with Crippen molar-refractivity contribution < 1.29 is 9.69 Å². The minimum atomic E-state index is 0.276. The van der Waals surface area contributed by atoms with Gasteiger partial charge in [-0.3, -0.25) is 4.79 Å². The van der Waals surface area contributed by atoms with Crippen molar-refractivity contribution in [3.05, 3.63) is 30.3 Å². The van der Waals surface area contributed by atoms with E-state index in [1.54, 1.807) is 11.8 Å². The summed E-state index contributed by atoms with van der Waals surface area (Å²) in [4.78, 5) is 16.8. The predicted molar refractivity (Wildman–Crippen MR) is 75.0 cm³/mol. The number of nitrogens with zero attached hydrogens (tertiary/aromatic N) is 1. The number of carbonyl (C=O) groups is 1. The van der Waals surface area contributed by atoms with Crippen LogP contribution in [0.15, 0.2) is 35.2 Å². The van der Waals surface area contributed by atoms with E-state index in [1.807, 2.05) is 23.1 Å². The number of hydrogen-bond acceptors (Lipinski definition) is 2. The van der Waals surface area contributed by atoms with Gasteiger partial charge in [-0.2, -0.15) is 0 Å². The molecule has 4 heteroatoms. The maximum atomic E-state index is 12.1. The van der Waals surface area contributed by atoms with Crippen LogP contribution >= 0.6 is 11.8 Å². The number of quaternary nitrogens is 1. The van der Waals surface area contributed by atoms with E-state index in [4.69, 9.17) is 0 Å². The van der Waals surface area contributed by atoms with Crippen LogP contribution in [0.3, 0.4) is 0 Å². The Kier molecular flexibility index (Phi) is 5.08. The van der Waals surface area contributed by atoms with Crippen molar-refractivity contribution >= 4 is 17.7 Å². The molecule has 0 aromatic heterocycles. The van der Waals surface area contributed by atoms with E-state index in [0.29, 0.717) is 5.75 Å². The number of amides is 1. The molecule has 18 heavy (non-hydrogen) atoms. The minimum absolute atomic E-state index is 0.276. The Labute approximate surface area is 113 Å². The highest BCUT2D eigenvalue weighted by Crippen LogP contribution is 2.17. The molecule has 0 saturated carbocycles. The minimum Gasteiger partial charge on any atom is -0.336 e. The van der Waals surface area contributed by atoms with Gasteiger partial charge < -0.3 is 9.80 Å². The van der Waals surface area contributed by atoms with E-state index in [2.05, 4.69) is 19.2 Å². The average molecular weight is 265 g/mol. The molecular formula is C14H21N2OS+. The van der Waals surface area contributed by atoms with Gasteiger partial charge in [-0.25, -0.2) is 0 Å². The monoisotopic (exact) mass is 265 g/mol. The van der Waals surface area contributed by atoms with Crippen molar-refractivity contribution in [2.24, 2.45) is 0 Å². The van der Waals surface area contributed by atoms with E-state index >= 15 is 0 Å². The molecule has 1 N–H and O–H groups in total. The van der Waals surface area contributed by atoms with Crippen molar-refractivity contribution in [2.45, 2.75) is 11.3 Å². The first-order chi connectivity index (χ1) is 8.75. The van der Waals surface area contributed by atoms with Crippen LogP contribution in [0, 0.1) is 0 Å².